The molecule has 0 bridgehead atoms. The molecule has 24 heavy (non-hydrogen) atoms. The van der Waals surface area contributed by atoms with E-state index in [-0.39, 0.29) is 17.5 Å². The molecule has 1 fully saturated rings. The second kappa shape index (κ2) is 6.76. The van der Waals surface area contributed by atoms with Crippen LogP contribution in [0.2, 0.25) is 0 Å². The van der Waals surface area contributed by atoms with E-state index in [1.54, 1.807) is 6.20 Å². The van der Waals surface area contributed by atoms with Crippen LogP contribution in [0.4, 0.5) is 11.8 Å². The van der Waals surface area contributed by atoms with Crippen LogP contribution in [-0.4, -0.2) is 43.0 Å². The number of nitrogens with one attached hydrogen (secondary N) is 1. The standard InChI is InChI=1S/C17H22N4O2S/c1-13-3-5-14(6-4-13)11-19-17-18-9-7-16(20-17)21(2)15-8-10-24(22,23)12-15/h3-7,9,15H,8,10-12H2,1-2H3,(H,18,19,20). The fourth-order valence-corrected chi connectivity index (χ4v) is 4.56. The molecule has 128 valence electrons. The zero-order valence-corrected chi connectivity index (χ0v) is 14.8. The number of hydrogen-bond donors (Lipinski definition) is 1. The normalized spacial score (nSPS) is 19.2. The van der Waals surface area contributed by atoms with E-state index in [2.05, 4.69) is 46.5 Å². The molecule has 0 spiro atoms. The number of sulfone groups is 1. The third kappa shape index (κ3) is 4.03. The van der Waals surface area contributed by atoms with Crippen molar-refractivity contribution in [1.82, 2.24) is 9.97 Å². The second-order valence-electron chi connectivity index (χ2n) is 6.25. The Bertz CT molecular complexity index is 806. The predicted octanol–water partition coefficient (Wildman–Crippen LogP) is 2.02. The van der Waals surface area contributed by atoms with E-state index in [0.29, 0.717) is 18.9 Å². The molecule has 0 amide bonds. The van der Waals surface area contributed by atoms with Crippen LogP contribution in [0.15, 0.2) is 36.5 Å². The van der Waals surface area contributed by atoms with Crippen molar-refractivity contribution in [2.24, 2.45) is 0 Å². The topological polar surface area (TPSA) is 75.2 Å². The number of benzene rings is 1. The third-order valence-corrected chi connectivity index (χ3v) is 6.08. The molecule has 3 rings (SSSR count). The van der Waals surface area contributed by atoms with Crippen LogP contribution in [0.5, 0.6) is 0 Å². The van der Waals surface area contributed by atoms with Gasteiger partial charge in [0.05, 0.1) is 11.5 Å². The summed E-state index contributed by atoms with van der Waals surface area (Å²) in [5.74, 6) is 1.73. The van der Waals surface area contributed by atoms with Crippen LogP contribution in [-0.2, 0) is 16.4 Å². The molecular weight excluding hydrogens is 324 g/mol. The first kappa shape index (κ1) is 16.7. The van der Waals surface area contributed by atoms with Crippen LogP contribution in [0.1, 0.15) is 17.5 Å². The number of aryl methyl sites for hydroxylation is 1. The molecule has 1 aliphatic heterocycles. The van der Waals surface area contributed by atoms with Gasteiger partial charge >= 0.3 is 0 Å². The minimum absolute atomic E-state index is 0.0187. The summed E-state index contributed by atoms with van der Waals surface area (Å²) < 4.78 is 23.3. The zero-order chi connectivity index (χ0) is 17.2. The highest BCUT2D eigenvalue weighted by Crippen LogP contribution is 2.21. The minimum atomic E-state index is -2.91. The molecule has 1 aromatic carbocycles. The number of hydrogen-bond acceptors (Lipinski definition) is 6. The summed E-state index contributed by atoms with van der Waals surface area (Å²) in [6.07, 6.45) is 2.34. The first-order valence-electron chi connectivity index (χ1n) is 7.99. The summed E-state index contributed by atoms with van der Waals surface area (Å²) in [4.78, 5) is 10.7. The average Bonchev–Trinajstić information content (AvgIpc) is 2.94. The molecule has 2 heterocycles. The van der Waals surface area contributed by atoms with Gasteiger partial charge in [-0.25, -0.2) is 13.4 Å². The maximum Gasteiger partial charge on any atom is 0.224 e. The molecule has 1 saturated heterocycles. The van der Waals surface area contributed by atoms with Gasteiger partial charge in [-0.2, -0.15) is 4.98 Å². The fourth-order valence-electron chi connectivity index (χ4n) is 2.79. The van der Waals surface area contributed by atoms with Gasteiger partial charge < -0.3 is 10.2 Å². The molecule has 1 N–H and O–H groups in total. The summed E-state index contributed by atoms with van der Waals surface area (Å²) in [7, 11) is -1.02. The lowest BCUT2D eigenvalue weighted by atomic mass is 10.1. The monoisotopic (exact) mass is 346 g/mol. The maximum absolute atomic E-state index is 11.7. The first-order valence-corrected chi connectivity index (χ1v) is 9.81. The Morgan fingerprint density at radius 2 is 2.00 bits per heavy atom. The average molecular weight is 346 g/mol. The number of anilines is 2. The molecule has 6 nitrogen and oxygen atoms in total. The zero-order valence-electron chi connectivity index (χ0n) is 13.9. The third-order valence-electron chi connectivity index (χ3n) is 4.33. The van der Waals surface area contributed by atoms with Gasteiger partial charge in [-0.1, -0.05) is 29.8 Å². The number of rotatable bonds is 5. The lowest BCUT2D eigenvalue weighted by Gasteiger charge is -2.24. The van der Waals surface area contributed by atoms with E-state index in [0.717, 1.165) is 11.4 Å². The Labute approximate surface area is 142 Å². The summed E-state index contributed by atoms with van der Waals surface area (Å²) in [6, 6.07) is 10.1. The van der Waals surface area contributed by atoms with E-state index in [9.17, 15) is 8.42 Å². The summed E-state index contributed by atoms with van der Waals surface area (Å²) >= 11 is 0. The van der Waals surface area contributed by atoms with Gasteiger partial charge in [0.1, 0.15) is 5.82 Å². The molecule has 0 saturated carbocycles. The van der Waals surface area contributed by atoms with Gasteiger partial charge in [0.2, 0.25) is 5.95 Å². The molecule has 7 heteroatoms. The lowest BCUT2D eigenvalue weighted by Crippen LogP contribution is -2.33. The smallest absolute Gasteiger partial charge is 0.224 e. The van der Waals surface area contributed by atoms with E-state index in [4.69, 9.17) is 0 Å². The minimum Gasteiger partial charge on any atom is -0.355 e. The SMILES string of the molecule is Cc1ccc(CNc2nccc(N(C)C3CCS(=O)(=O)C3)n2)cc1. The van der Waals surface area contributed by atoms with E-state index < -0.39 is 9.84 Å². The quantitative estimate of drug-likeness (QED) is 0.893. The Hall–Kier alpha value is -2.15. The van der Waals surface area contributed by atoms with Crippen LogP contribution in [0.25, 0.3) is 0 Å². The molecule has 1 unspecified atom stereocenters. The number of aromatic nitrogens is 2. The van der Waals surface area contributed by atoms with Crippen molar-refractivity contribution < 1.29 is 8.42 Å². The Balaban J connectivity index is 1.66. The molecule has 1 atom stereocenters. The predicted molar refractivity (Wildman–Crippen MR) is 96.0 cm³/mol. The Kier molecular flexibility index (Phi) is 4.71. The van der Waals surface area contributed by atoms with Gasteiger partial charge in [0.15, 0.2) is 9.84 Å². The first-order chi connectivity index (χ1) is 11.4. The van der Waals surface area contributed by atoms with Gasteiger partial charge in [-0.15, -0.1) is 0 Å². The van der Waals surface area contributed by atoms with Crippen molar-refractivity contribution in [2.75, 3.05) is 28.8 Å². The maximum atomic E-state index is 11.7. The highest BCUT2D eigenvalue weighted by atomic mass is 32.2. The highest BCUT2D eigenvalue weighted by molar-refractivity contribution is 7.91. The van der Waals surface area contributed by atoms with Gasteiger partial charge in [-0.05, 0) is 25.0 Å². The largest absolute Gasteiger partial charge is 0.355 e. The fraction of sp³-hybridized carbons (Fsp3) is 0.412. The van der Waals surface area contributed by atoms with Crippen LogP contribution in [0.3, 0.4) is 0 Å². The summed E-state index contributed by atoms with van der Waals surface area (Å²) in [6.45, 7) is 2.70. The van der Waals surface area contributed by atoms with Gasteiger partial charge in [-0.3, -0.25) is 0 Å². The van der Waals surface area contributed by atoms with Crippen molar-refractivity contribution in [3.05, 3.63) is 47.7 Å². The molecule has 0 aliphatic carbocycles. The van der Waals surface area contributed by atoms with Crippen LogP contribution < -0.4 is 10.2 Å². The molecular formula is C17H22N4O2S. The Morgan fingerprint density at radius 3 is 2.67 bits per heavy atom. The van der Waals surface area contributed by atoms with E-state index in [1.165, 1.54) is 5.56 Å². The van der Waals surface area contributed by atoms with Crippen molar-refractivity contribution in [2.45, 2.75) is 25.9 Å². The van der Waals surface area contributed by atoms with Crippen molar-refractivity contribution in [3.63, 3.8) is 0 Å². The molecule has 0 radical (unpaired) electrons. The second-order valence-corrected chi connectivity index (χ2v) is 8.47. The number of nitrogens with zero attached hydrogens (tertiary/aromatic N) is 3. The molecule has 1 aromatic heterocycles. The van der Waals surface area contributed by atoms with Gasteiger partial charge in [0.25, 0.3) is 0 Å². The summed E-state index contributed by atoms with van der Waals surface area (Å²) in [5, 5.41) is 3.22. The molecule has 2 aromatic rings. The Morgan fingerprint density at radius 1 is 1.25 bits per heavy atom. The van der Waals surface area contributed by atoms with Crippen molar-refractivity contribution in [1.29, 1.82) is 0 Å². The lowest BCUT2D eigenvalue weighted by molar-refractivity contribution is 0.600. The summed E-state index contributed by atoms with van der Waals surface area (Å²) in [5.41, 5.74) is 2.38. The van der Waals surface area contributed by atoms with Crippen LogP contribution >= 0.6 is 0 Å². The van der Waals surface area contributed by atoms with Crippen molar-refractivity contribution >= 4 is 21.6 Å². The van der Waals surface area contributed by atoms with Gasteiger partial charge in [0, 0.05) is 25.8 Å². The highest BCUT2D eigenvalue weighted by Gasteiger charge is 2.31. The van der Waals surface area contributed by atoms with Crippen LogP contribution in [0, 0.1) is 6.92 Å². The van der Waals surface area contributed by atoms with E-state index in [1.807, 2.05) is 18.0 Å². The van der Waals surface area contributed by atoms with E-state index >= 15 is 0 Å². The molecule has 1 aliphatic rings. The van der Waals surface area contributed by atoms with Crippen molar-refractivity contribution in [3.8, 4) is 0 Å².